The molecule has 1 aromatic carbocycles. The lowest BCUT2D eigenvalue weighted by molar-refractivity contribution is -0.111. The highest BCUT2D eigenvalue weighted by Gasteiger charge is 2.05. The number of para-hydroxylation sites is 1. The molecule has 0 aliphatic rings. The van der Waals surface area contributed by atoms with E-state index < -0.39 is 0 Å². The molecule has 0 radical (unpaired) electrons. The summed E-state index contributed by atoms with van der Waals surface area (Å²) in [6.45, 7) is 1.89. The van der Waals surface area contributed by atoms with Crippen LogP contribution < -0.4 is 5.32 Å². The summed E-state index contributed by atoms with van der Waals surface area (Å²) in [5, 5.41) is 3.26. The first kappa shape index (κ1) is 12.5. The van der Waals surface area contributed by atoms with Gasteiger partial charge < -0.3 is 9.73 Å². The van der Waals surface area contributed by atoms with Crippen LogP contribution in [0.3, 0.4) is 0 Å². The normalized spacial score (nSPS) is 10.8. The van der Waals surface area contributed by atoms with E-state index in [0.29, 0.717) is 16.5 Å². The van der Waals surface area contributed by atoms with Gasteiger partial charge in [0.15, 0.2) is 0 Å². The summed E-state index contributed by atoms with van der Waals surface area (Å²) in [5.74, 6) is 0.378. The summed E-state index contributed by atoms with van der Waals surface area (Å²) < 4.78 is 5.09. The van der Waals surface area contributed by atoms with Gasteiger partial charge in [0.05, 0.1) is 17.0 Å². The Bertz CT molecular complexity index is 553. The molecule has 2 aromatic rings. The zero-order valence-corrected chi connectivity index (χ0v) is 10.6. The van der Waals surface area contributed by atoms with Gasteiger partial charge in [-0.15, -0.1) is 0 Å². The Morgan fingerprint density at radius 1 is 1.33 bits per heavy atom. The summed E-state index contributed by atoms with van der Waals surface area (Å²) in [6, 6.07) is 8.99. The Morgan fingerprint density at radius 2 is 2.17 bits per heavy atom. The average Bonchev–Trinajstić information content (AvgIpc) is 2.84. The van der Waals surface area contributed by atoms with E-state index in [2.05, 4.69) is 5.32 Å². The van der Waals surface area contributed by atoms with Crippen LogP contribution in [0.5, 0.6) is 0 Å². The first-order valence-corrected chi connectivity index (χ1v) is 5.82. The van der Waals surface area contributed by atoms with E-state index in [4.69, 9.17) is 16.0 Å². The van der Waals surface area contributed by atoms with E-state index in [1.54, 1.807) is 30.5 Å². The lowest BCUT2D eigenvalue weighted by Gasteiger charge is -2.07. The molecule has 0 aliphatic carbocycles. The second-order valence-corrected chi connectivity index (χ2v) is 4.18. The number of hydrogen-bond acceptors (Lipinski definition) is 2. The molecule has 0 bridgehead atoms. The van der Waals surface area contributed by atoms with Crippen LogP contribution in [0.1, 0.15) is 11.3 Å². The second kappa shape index (κ2) is 5.56. The van der Waals surface area contributed by atoms with Crippen LogP contribution in [0.4, 0.5) is 5.69 Å². The zero-order valence-electron chi connectivity index (χ0n) is 9.81. The third-order valence-corrected chi connectivity index (χ3v) is 2.73. The molecule has 0 fully saturated rings. The highest BCUT2D eigenvalue weighted by Crippen LogP contribution is 2.25. The second-order valence-electron chi connectivity index (χ2n) is 3.77. The Labute approximate surface area is 110 Å². The number of aryl methyl sites for hydroxylation is 1. The van der Waals surface area contributed by atoms with Gasteiger partial charge in [-0.3, -0.25) is 4.79 Å². The van der Waals surface area contributed by atoms with Gasteiger partial charge in [-0.05, 0) is 36.8 Å². The smallest absolute Gasteiger partial charge is 0.248 e. The van der Waals surface area contributed by atoms with Gasteiger partial charge in [-0.1, -0.05) is 23.7 Å². The fraction of sp³-hybridized carbons (Fsp3) is 0.0714. The molecule has 1 aromatic heterocycles. The Morgan fingerprint density at radius 3 is 2.83 bits per heavy atom. The Balaban J connectivity index is 2.08. The van der Waals surface area contributed by atoms with Crippen molar-refractivity contribution < 1.29 is 9.21 Å². The van der Waals surface area contributed by atoms with Crippen molar-refractivity contribution in [1.29, 1.82) is 0 Å². The maximum atomic E-state index is 11.7. The van der Waals surface area contributed by atoms with Crippen molar-refractivity contribution in [2.45, 2.75) is 6.92 Å². The number of rotatable bonds is 3. The van der Waals surface area contributed by atoms with Crippen LogP contribution >= 0.6 is 11.6 Å². The summed E-state index contributed by atoms with van der Waals surface area (Å²) in [6.07, 6.45) is 4.55. The number of anilines is 1. The van der Waals surface area contributed by atoms with Crippen molar-refractivity contribution >= 4 is 29.3 Å². The fourth-order valence-corrected chi connectivity index (χ4v) is 1.77. The molecule has 0 aliphatic heterocycles. The average molecular weight is 262 g/mol. The molecule has 1 N–H and O–H groups in total. The lowest BCUT2D eigenvalue weighted by Crippen LogP contribution is -2.09. The van der Waals surface area contributed by atoms with Gasteiger partial charge in [0.25, 0.3) is 0 Å². The van der Waals surface area contributed by atoms with Crippen LogP contribution in [0.15, 0.2) is 47.1 Å². The van der Waals surface area contributed by atoms with Crippen molar-refractivity contribution in [3.05, 3.63) is 59.0 Å². The maximum absolute atomic E-state index is 11.7. The standard InChI is InChI=1S/C14H12ClNO2/c1-10-4-2-6-12(15)14(10)16-13(17)8-7-11-5-3-9-18-11/h2-9H,1H3,(H,16,17)/b8-7+. The molecule has 0 unspecified atom stereocenters. The highest BCUT2D eigenvalue weighted by atomic mass is 35.5. The lowest BCUT2D eigenvalue weighted by atomic mass is 10.2. The fourth-order valence-electron chi connectivity index (χ4n) is 1.50. The number of furan rings is 1. The molecular formula is C14H12ClNO2. The number of amides is 1. The van der Waals surface area contributed by atoms with E-state index in [1.807, 2.05) is 19.1 Å². The van der Waals surface area contributed by atoms with Crippen LogP contribution in [-0.4, -0.2) is 5.91 Å². The first-order valence-electron chi connectivity index (χ1n) is 5.44. The largest absolute Gasteiger partial charge is 0.465 e. The quantitative estimate of drug-likeness (QED) is 0.852. The van der Waals surface area contributed by atoms with Crippen molar-refractivity contribution in [2.24, 2.45) is 0 Å². The summed E-state index contributed by atoms with van der Waals surface area (Å²) in [7, 11) is 0. The van der Waals surface area contributed by atoms with E-state index >= 15 is 0 Å². The highest BCUT2D eigenvalue weighted by molar-refractivity contribution is 6.34. The van der Waals surface area contributed by atoms with E-state index in [-0.39, 0.29) is 5.91 Å². The molecule has 18 heavy (non-hydrogen) atoms. The number of carbonyl (C=O) groups excluding carboxylic acids is 1. The summed E-state index contributed by atoms with van der Waals surface area (Å²) in [5.41, 5.74) is 1.55. The van der Waals surface area contributed by atoms with Gasteiger partial charge in [-0.25, -0.2) is 0 Å². The topological polar surface area (TPSA) is 42.2 Å². The predicted molar refractivity (Wildman–Crippen MR) is 72.6 cm³/mol. The van der Waals surface area contributed by atoms with Crippen LogP contribution in [0.25, 0.3) is 6.08 Å². The Kier molecular flexibility index (Phi) is 3.85. The molecule has 1 heterocycles. The van der Waals surface area contributed by atoms with Crippen LogP contribution in [-0.2, 0) is 4.79 Å². The van der Waals surface area contributed by atoms with Gasteiger partial charge >= 0.3 is 0 Å². The molecule has 3 nitrogen and oxygen atoms in total. The molecule has 0 saturated carbocycles. The third-order valence-electron chi connectivity index (χ3n) is 2.41. The molecule has 92 valence electrons. The monoisotopic (exact) mass is 261 g/mol. The van der Waals surface area contributed by atoms with E-state index in [0.717, 1.165) is 5.56 Å². The molecule has 4 heteroatoms. The maximum Gasteiger partial charge on any atom is 0.248 e. The molecule has 2 rings (SSSR count). The number of nitrogens with one attached hydrogen (secondary N) is 1. The molecular weight excluding hydrogens is 250 g/mol. The van der Waals surface area contributed by atoms with Gasteiger partial charge in [-0.2, -0.15) is 0 Å². The van der Waals surface area contributed by atoms with Crippen molar-refractivity contribution in [2.75, 3.05) is 5.32 Å². The first-order chi connectivity index (χ1) is 8.66. The predicted octanol–water partition coefficient (Wildman–Crippen LogP) is 3.89. The number of carbonyl (C=O) groups is 1. The minimum atomic E-state index is -0.248. The minimum absolute atomic E-state index is 0.248. The van der Waals surface area contributed by atoms with Gasteiger partial charge in [0, 0.05) is 6.08 Å². The molecule has 0 atom stereocenters. The van der Waals surface area contributed by atoms with Crippen LogP contribution in [0.2, 0.25) is 5.02 Å². The minimum Gasteiger partial charge on any atom is -0.465 e. The zero-order chi connectivity index (χ0) is 13.0. The van der Waals surface area contributed by atoms with Crippen LogP contribution in [0, 0.1) is 6.92 Å². The van der Waals surface area contributed by atoms with Gasteiger partial charge in [0.2, 0.25) is 5.91 Å². The number of halogens is 1. The van der Waals surface area contributed by atoms with Crippen molar-refractivity contribution in [3.63, 3.8) is 0 Å². The molecule has 1 amide bonds. The van der Waals surface area contributed by atoms with E-state index in [9.17, 15) is 4.79 Å². The number of benzene rings is 1. The van der Waals surface area contributed by atoms with Crippen molar-refractivity contribution in [1.82, 2.24) is 0 Å². The van der Waals surface area contributed by atoms with Gasteiger partial charge in [0.1, 0.15) is 5.76 Å². The third kappa shape index (κ3) is 3.02. The SMILES string of the molecule is Cc1cccc(Cl)c1NC(=O)/C=C/c1ccco1. The number of hydrogen-bond donors (Lipinski definition) is 1. The van der Waals surface area contributed by atoms with Crippen molar-refractivity contribution in [3.8, 4) is 0 Å². The molecule has 0 saturated heterocycles. The molecule has 0 spiro atoms. The summed E-state index contributed by atoms with van der Waals surface area (Å²) in [4.78, 5) is 11.7. The Hall–Kier alpha value is -2.00. The van der Waals surface area contributed by atoms with E-state index in [1.165, 1.54) is 6.08 Å². The summed E-state index contributed by atoms with van der Waals surface area (Å²) >= 11 is 6.02.